The lowest BCUT2D eigenvalue weighted by Gasteiger charge is -2.33. The molecule has 4 nitrogen and oxygen atoms in total. The van der Waals surface area contributed by atoms with Crippen molar-refractivity contribution in [2.45, 2.75) is 25.9 Å². The molecule has 0 saturated carbocycles. The number of benzene rings is 1. The van der Waals surface area contributed by atoms with Crippen LogP contribution in [-0.2, 0) is 0 Å². The highest BCUT2D eigenvalue weighted by molar-refractivity contribution is 5.94. The first-order chi connectivity index (χ1) is 9.11. The predicted octanol–water partition coefficient (Wildman–Crippen LogP) is 1.93. The summed E-state index contributed by atoms with van der Waals surface area (Å²) in [6.07, 6.45) is 1.45. The number of aliphatic hydroxyl groups excluding tert-OH is 1. The Balaban J connectivity index is 2.01. The van der Waals surface area contributed by atoms with E-state index in [9.17, 15) is 9.90 Å². The highest BCUT2D eigenvalue weighted by Crippen LogP contribution is 2.22. The van der Waals surface area contributed by atoms with E-state index in [-0.39, 0.29) is 12.0 Å². The van der Waals surface area contributed by atoms with Crippen LogP contribution < -0.4 is 4.74 Å². The fourth-order valence-electron chi connectivity index (χ4n) is 2.52. The second kappa shape index (κ2) is 6.06. The van der Waals surface area contributed by atoms with Crippen molar-refractivity contribution >= 4 is 5.91 Å². The Morgan fingerprint density at radius 2 is 2.11 bits per heavy atom. The SMILES string of the molecule is COc1cccc(C(=O)N2CCC(C(C)O)CC2)c1. The molecule has 0 aliphatic carbocycles. The van der Waals surface area contributed by atoms with Crippen molar-refractivity contribution in [1.82, 2.24) is 4.90 Å². The summed E-state index contributed by atoms with van der Waals surface area (Å²) in [7, 11) is 1.59. The van der Waals surface area contributed by atoms with Crippen LogP contribution in [0.15, 0.2) is 24.3 Å². The molecule has 1 atom stereocenters. The van der Waals surface area contributed by atoms with Crippen LogP contribution in [0.4, 0.5) is 0 Å². The molecule has 0 aromatic heterocycles. The number of hydrogen-bond acceptors (Lipinski definition) is 3. The van der Waals surface area contributed by atoms with E-state index in [1.165, 1.54) is 0 Å². The summed E-state index contributed by atoms with van der Waals surface area (Å²) in [6.45, 7) is 3.25. The number of methoxy groups -OCH3 is 1. The van der Waals surface area contributed by atoms with Crippen LogP contribution in [0.3, 0.4) is 0 Å². The largest absolute Gasteiger partial charge is 0.497 e. The van der Waals surface area contributed by atoms with Crippen molar-refractivity contribution in [3.8, 4) is 5.75 Å². The molecule has 1 amide bonds. The first-order valence-electron chi connectivity index (χ1n) is 6.73. The third-order valence-electron chi connectivity index (χ3n) is 3.83. The molecule has 1 fully saturated rings. The van der Waals surface area contributed by atoms with E-state index >= 15 is 0 Å². The van der Waals surface area contributed by atoms with Gasteiger partial charge in [0.1, 0.15) is 5.75 Å². The van der Waals surface area contributed by atoms with Crippen LogP contribution in [0.5, 0.6) is 5.75 Å². The molecule has 1 N–H and O–H groups in total. The Kier molecular flexibility index (Phi) is 4.43. The molecule has 1 saturated heterocycles. The van der Waals surface area contributed by atoms with Gasteiger partial charge in [-0.1, -0.05) is 6.07 Å². The summed E-state index contributed by atoms with van der Waals surface area (Å²) in [4.78, 5) is 14.2. The van der Waals surface area contributed by atoms with Gasteiger partial charge in [0.2, 0.25) is 0 Å². The number of hydrogen-bond donors (Lipinski definition) is 1. The monoisotopic (exact) mass is 263 g/mol. The molecule has 0 radical (unpaired) electrons. The average molecular weight is 263 g/mol. The van der Waals surface area contributed by atoms with Crippen molar-refractivity contribution in [3.05, 3.63) is 29.8 Å². The van der Waals surface area contributed by atoms with Gasteiger partial charge in [-0.2, -0.15) is 0 Å². The number of carbonyl (C=O) groups excluding carboxylic acids is 1. The third kappa shape index (κ3) is 3.26. The number of piperidine rings is 1. The van der Waals surface area contributed by atoms with Crippen LogP contribution in [0.1, 0.15) is 30.1 Å². The van der Waals surface area contributed by atoms with Crippen LogP contribution in [0, 0.1) is 5.92 Å². The lowest BCUT2D eigenvalue weighted by Crippen LogP contribution is -2.40. The normalized spacial score (nSPS) is 18.2. The summed E-state index contributed by atoms with van der Waals surface area (Å²) in [6, 6.07) is 7.24. The van der Waals surface area contributed by atoms with Crippen LogP contribution >= 0.6 is 0 Å². The second-order valence-electron chi connectivity index (χ2n) is 5.10. The summed E-state index contributed by atoms with van der Waals surface area (Å²) in [5.41, 5.74) is 0.662. The van der Waals surface area contributed by atoms with Gasteiger partial charge in [0, 0.05) is 18.7 Å². The van der Waals surface area contributed by atoms with Crippen LogP contribution in [-0.4, -0.2) is 42.2 Å². The molecule has 1 heterocycles. The van der Waals surface area contributed by atoms with Gasteiger partial charge in [-0.25, -0.2) is 0 Å². The average Bonchev–Trinajstić information content (AvgIpc) is 2.46. The highest BCUT2D eigenvalue weighted by atomic mass is 16.5. The van der Waals surface area contributed by atoms with E-state index in [2.05, 4.69) is 0 Å². The van der Waals surface area contributed by atoms with Crippen LogP contribution in [0.2, 0.25) is 0 Å². The maximum atomic E-state index is 12.4. The van der Waals surface area contributed by atoms with Crippen molar-refractivity contribution in [2.24, 2.45) is 5.92 Å². The first-order valence-corrected chi connectivity index (χ1v) is 6.73. The minimum absolute atomic E-state index is 0.0444. The highest BCUT2D eigenvalue weighted by Gasteiger charge is 2.26. The van der Waals surface area contributed by atoms with Crippen molar-refractivity contribution in [1.29, 1.82) is 0 Å². The Bertz CT molecular complexity index is 437. The number of ether oxygens (including phenoxy) is 1. The summed E-state index contributed by atoms with van der Waals surface area (Å²) in [5.74, 6) is 1.06. The first kappa shape index (κ1) is 13.9. The fraction of sp³-hybridized carbons (Fsp3) is 0.533. The lowest BCUT2D eigenvalue weighted by molar-refractivity contribution is 0.0521. The zero-order valence-electron chi connectivity index (χ0n) is 11.5. The van der Waals surface area contributed by atoms with Gasteiger partial charge >= 0.3 is 0 Å². The smallest absolute Gasteiger partial charge is 0.253 e. The third-order valence-corrected chi connectivity index (χ3v) is 3.83. The van der Waals surface area contributed by atoms with Crippen molar-refractivity contribution < 1.29 is 14.6 Å². The van der Waals surface area contributed by atoms with E-state index in [1.54, 1.807) is 13.2 Å². The second-order valence-corrected chi connectivity index (χ2v) is 5.10. The zero-order chi connectivity index (χ0) is 13.8. The van der Waals surface area contributed by atoms with Crippen molar-refractivity contribution in [3.63, 3.8) is 0 Å². The maximum absolute atomic E-state index is 12.4. The van der Waals surface area contributed by atoms with Crippen LogP contribution in [0.25, 0.3) is 0 Å². The molecule has 1 aliphatic heterocycles. The Morgan fingerprint density at radius 3 is 2.68 bits per heavy atom. The molecular weight excluding hydrogens is 242 g/mol. The minimum Gasteiger partial charge on any atom is -0.497 e. The van der Waals surface area contributed by atoms with Gasteiger partial charge in [-0.3, -0.25) is 4.79 Å². The molecular formula is C15H21NO3. The van der Waals surface area contributed by atoms with Gasteiger partial charge in [-0.05, 0) is 43.9 Å². The maximum Gasteiger partial charge on any atom is 0.253 e. The standard InChI is InChI=1S/C15H21NO3/c1-11(17)12-6-8-16(9-7-12)15(18)13-4-3-5-14(10-13)19-2/h3-5,10-12,17H,6-9H2,1-2H3. The number of nitrogens with zero attached hydrogens (tertiary/aromatic N) is 1. The quantitative estimate of drug-likeness (QED) is 0.906. The molecule has 2 rings (SSSR count). The molecule has 0 bridgehead atoms. The number of likely N-dealkylation sites (tertiary alicyclic amines) is 1. The lowest BCUT2D eigenvalue weighted by atomic mass is 9.92. The van der Waals surface area contributed by atoms with E-state index < -0.39 is 0 Å². The fourth-order valence-corrected chi connectivity index (χ4v) is 2.52. The number of carbonyl (C=O) groups is 1. The summed E-state index contributed by atoms with van der Waals surface area (Å²) < 4.78 is 5.14. The van der Waals surface area contributed by atoms with E-state index in [4.69, 9.17) is 4.74 Å². The predicted molar refractivity (Wildman–Crippen MR) is 73.3 cm³/mol. The minimum atomic E-state index is -0.283. The van der Waals surface area contributed by atoms with Gasteiger partial charge in [0.05, 0.1) is 13.2 Å². The number of rotatable bonds is 3. The summed E-state index contributed by atoms with van der Waals surface area (Å²) >= 11 is 0. The van der Waals surface area contributed by atoms with Crippen molar-refractivity contribution in [2.75, 3.05) is 20.2 Å². The topological polar surface area (TPSA) is 49.8 Å². The molecule has 1 unspecified atom stereocenters. The van der Waals surface area contributed by atoms with Gasteiger partial charge in [-0.15, -0.1) is 0 Å². The molecule has 1 aromatic carbocycles. The van der Waals surface area contributed by atoms with Gasteiger partial charge < -0.3 is 14.7 Å². The van der Waals surface area contributed by atoms with E-state index in [1.807, 2.05) is 30.0 Å². The molecule has 4 heteroatoms. The Morgan fingerprint density at radius 1 is 1.42 bits per heavy atom. The number of amides is 1. The van der Waals surface area contributed by atoms with E-state index in [0.29, 0.717) is 30.3 Å². The molecule has 0 spiro atoms. The number of aliphatic hydroxyl groups is 1. The molecule has 1 aromatic rings. The van der Waals surface area contributed by atoms with Gasteiger partial charge in [0.25, 0.3) is 5.91 Å². The Labute approximate surface area is 114 Å². The Hall–Kier alpha value is -1.55. The molecule has 104 valence electrons. The van der Waals surface area contributed by atoms with E-state index in [0.717, 1.165) is 12.8 Å². The zero-order valence-corrected chi connectivity index (χ0v) is 11.5. The molecule has 1 aliphatic rings. The molecule has 19 heavy (non-hydrogen) atoms. The summed E-state index contributed by atoms with van der Waals surface area (Å²) in [5, 5.41) is 9.57. The van der Waals surface area contributed by atoms with Gasteiger partial charge in [0.15, 0.2) is 0 Å².